The van der Waals surface area contributed by atoms with E-state index in [0.717, 1.165) is 29.6 Å². The Hall–Kier alpha value is -1.80. The van der Waals surface area contributed by atoms with Crippen LogP contribution in [-0.4, -0.2) is 38.7 Å². The highest BCUT2D eigenvalue weighted by Crippen LogP contribution is 2.20. The van der Waals surface area contributed by atoms with Crippen LogP contribution in [0.25, 0.3) is 0 Å². The average molecular weight is 308 g/mol. The van der Waals surface area contributed by atoms with Crippen LogP contribution in [0.4, 0.5) is 5.13 Å². The molecule has 21 heavy (non-hydrogen) atoms. The van der Waals surface area contributed by atoms with Crippen molar-refractivity contribution in [1.82, 2.24) is 25.1 Å². The summed E-state index contributed by atoms with van der Waals surface area (Å²) < 4.78 is 1.70. The van der Waals surface area contributed by atoms with Gasteiger partial charge >= 0.3 is 0 Å². The first-order valence-corrected chi connectivity index (χ1v) is 7.76. The monoisotopic (exact) mass is 308 g/mol. The summed E-state index contributed by atoms with van der Waals surface area (Å²) in [6.45, 7) is 5.62. The zero-order valence-electron chi connectivity index (χ0n) is 12.5. The Kier molecular flexibility index (Phi) is 5.40. The Morgan fingerprint density at radius 3 is 2.95 bits per heavy atom. The Labute approximate surface area is 128 Å². The Bertz CT molecular complexity index is 593. The van der Waals surface area contributed by atoms with Gasteiger partial charge in [-0.2, -0.15) is 5.10 Å². The molecule has 1 amide bonds. The molecular formula is C13H20N6OS. The fraction of sp³-hybridized carbons (Fsp3) is 0.538. The molecule has 0 spiro atoms. The standard InChI is InChI=1S/C13H20N6OS/c1-4-19(10(2)20)13-16-11(8-21-13)7-14-6-5-12-15-9-18(3)17-12/h8-9,14H,4-7H2,1-3H3. The number of aryl methyl sites for hydroxylation is 1. The van der Waals surface area contributed by atoms with Crippen molar-refractivity contribution < 1.29 is 4.79 Å². The van der Waals surface area contributed by atoms with Crippen molar-refractivity contribution in [1.29, 1.82) is 0 Å². The molecule has 0 unspecified atom stereocenters. The molecule has 2 aromatic heterocycles. The van der Waals surface area contributed by atoms with Crippen molar-refractivity contribution >= 4 is 22.4 Å². The van der Waals surface area contributed by atoms with Crippen LogP contribution in [-0.2, 0) is 24.8 Å². The van der Waals surface area contributed by atoms with Gasteiger partial charge in [0.05, 0.1) is 5.69 Å². The minimum atomic E-state index is 0.0209. The lowest BCUT2D eigenvalue weighted by Crippen LogP contribution is -2.27. The van der Waals surface area contributed by atoms with Crippen LogP contribution in [0.2, 0.25) is 0 Å². The van der Waals surface area contributed by atoms with E-state index in [2.05, 4.69) is 20.4 Å². The van der Waals surface area contributed by atoms with Crippen LogP contribution in [0, 0.1) is 0 Å². The van der Waals surface area contributed by atoms with Gasteiger partial charge in [-0.05, 0) is 6.92 Å². The zero-order valence-corrected chi connectivity index (χ0v) is 13.4. The van der Waals surface area contributed by atoms with Crippen LogP contribution < -0.4 is 10.2 Å². The van der Waals surface area contributed by atoms with Crippen molar-refractivity contribution in [2.75, 3.05) is 18.0 Å². The van der Waals surface area contributed by atoms with E-state index in [4.69, 9.17) is 0 Å². The van der Waals surface area contributed by atoms with Gasteiger partial charge in [0.15, 0.2) is 11.0 Å². The summed E-state index contributed by atoms with van der Waals surface area (Å²) in [6.07, 6.45) is 2.48. The number of amides is 1. The number of hydrogen-bond donors (Lipinski definition) is 1. The smallest absolute Gasteiger partial charge is 0.225 e. The van der Waals surface area contributed by atoms with Gasteiger partial charge in [-0.1, -0.05) is 0 Å². The molecule has 2 heterocycles. The summed E-state index contributed by atoms with van der Waals surface area (Å²) in [5.41, 5.74) is 0.948. The number of aromatic nitrogens is 4. The molecule has 0 fully saturated rings. The predicted molar refractivity (Wildman–Crippen MR) is 82.2 cm³/mol. The Balaban J connectivity index is 1.79. The fourth-order valence-electron chi connectivity index (χ4n) is 1.91. The molecule has 0 aliphatic carbocycles. The second-order valence-electron chi connectivity index (χ2n) is 4.65. The quantitative estimate of drug-likeness (QED) is 0.772. The third kappa shape index (κ3) is 4.33. The van der Waals surface area contributed by atoms with E-state index in [1.165, 1.54) is 11.3 Å². The lowest BCUT2D eigenvalue weighted by molar-refractivity contribution is -0.116. The summed E-state index contributed by atoms with van der Waals surface area (Å²) >= 11 is 1.49. The van der Waals surface area contributed by atoms with E-state index in [9.17, 15) is 4.79 Å². The predicted octanol–water partition coefficient (Wildman–Crippen LogP) is 0.977. The van der Waals surface area contributed by atoms with Crippen molar-refractivity contribution in [2.24, 2.45) is 7.05 Å². The summed E-state index contributed by atoms with van der Waals surface area (Å²) in [6, 6.07) is 0. The third-order valence-electron chi connectivity index (χ3n) is 2.95. The molecule has 0 atom stereocenters. The number of hydrogen-bond acceptors (Lipinski definition) is 6. The van der Waals surface area contributed by atoms with E-state index in [1.54, 1.807) is 22.8 Å². The van der Waals surface area contributed by atoms with E-state index in [-0.39, 0.29) is 5.91 Å². The number of nitrogens with one attached hydrogen (secondary N) is 1. The van der Waals surface area contributed by atoms with E-state index < -0.39 is 0 Å². The maximum absolute atomic E-state index is 11.5. The van der Waals surface area contributed by atoms with E-state index in [1.807, 2.05) is 19.4 Å². The molecule has 114 valence electrons. The third-order valence-corrected chi connectivity index (χ3v) is 3.86. The minimum Gasteiger partial charge on any atom is -0.311 e. The second-order valence-corrected chi connectivity index (χ2v) is 5.48. The molecule has 7 nitrogen and oxygen atoms in total. The number of carbonyl (C=O) groups is 1. The van der Waals surface area contributed by atoms with Gasteiger partial charge in [0.1, 0.15) is 6.33 Å². The van der Waals surface area contributed by atoms with Crippen LogP contribution in [0.1, 0.15) is 25.4 Å². The van der Waals surface area contributed by atoms with Gasteiger partial charge in [-0.3, -0.25) is 14.4 Å². The van der Waals surface area contributed by atoms with Gasteiger partial charge in [0.25, 0.3) is 0 Å². The zero-order chi connectivity index (χ0) is 15.2. The summed E-state index contributed by atoms with van der Waals surface area (Å²) in [4.78, 5) is 21.8. The maximum atomic E-state index is 11.5. The lowest BCUT2D eigenvalue weighted by atomic mass is 10.4. The van der Waals surface area contributed by atoms with Gasteiger partial charge < -0.3 is 5.32 Å². The van der Waals surface area contributed by atoms with Gasteiger partial charge in [-0.25, -0.2) is 9.97 Å². The molecule has 0 radical (unpaired) electrons. The molecule has 1 N–H and O–H groups in total. The SMILES string of the molecule is CCN(C(C)=O)c1nc(CNCCc2ncn(C)n2)cs1. The first-order chi connectivity index (χ1) is 10.1. The molecule has 8 heteroatoms. The number of nitrogens with zero attached hydrogens (tertiary/aromatic N) is 5. The van der Waals surface area contributed by atoms with Crippen molar-refractivity contribution in [2.45, 2.75) is 26.8 Å². The molecule has 0 saturated carbocycles. The van der Waals surface area contributed by atoms with Crippen molar-refractivity contribution in [3.63, 3.8) is 0 Å². The Morgan fingerprint density at radius 2 is 2.33 bits per heavy atom. The Morgan fingerprint density at radius 1 is 1.52 bits per heavy atom. The molecule has 0 bridgehead atoms. The minimum absolute atomic E-state index is 0.0209. The number of anilines is 1. The molecule has 0 aliphatic rings. The molecule has 0 aromatic carbocycles. The van der Waals surface area contributed by atoms with Crippen LogP contribution in [0.5, 0.6) is 0 Å². The summed E-state index contributed by atoms with van der Waals surface area (Å²) in [5.74, 6) is 0.852. The molecule has 0 aliphatic heterocycles. The average Bonchev–Trinajstić information content (AvgIpc) is 3.05. The van der Waals surface area contributed by atoms with Gasteiger partial charge in [0.2, 0.25) is 5.91 Å². The maximum Gasteiger partial charge on any atom is 0.225 e. The van der Waals surface area contributed by atoms with E-state index >= 15 is 0 Å². The topological polar surface area (TPSA) is 75.9 Å². The van der Waals surface area contributed by atoms with Crippen LogP contribution in [0.15, 0.2) is 11.7 Å². The van der Waals surface area contributed by atoms with Gasteiger partial charge in [0, 0.05) is 45.4 Å². The lowest BCUT2D eigenvalue weighted by Gasteiger charge is -2.14. The number of rotatable bonds is 7. The molecular weight excluding hydrogens is 288 g/mol. The second kappa shape index (κ2) is 7.28. The summed E-state index contributed by atoms with van der Waals surface area (Å²) in [5, 5.41) is 10.3. The normalized spacial score (nSPS) is 10.8. The fourth-order valence-corrected chi connectivity index (χ4v) is 2.84. The van der Waals surface area contributed by atoms with Crippen molar-refractivity contribution in [3.8, 4) is 0 Å². The van der Waals surface area contributed by atoms with Crippen LogP contribution >= 0.6 is 11.3 Å². The first-order valence-electron chi connectivity index (χ1n) is 6.88. The largest absolute Gasteiger partial charge is 0.311 e. The first kappa shape index (κ1) is 15.6. The highest BCUT2D eigenvalue weighted by molar-refractivity contribution is 7.14. The number of carbonyl (C=O) groups excluding carboxylic acids is 1. The van der Waals surface area contributed by atoms with Crippen LogP contribution in [0.3, 0.4) is 0 Å². The molecule has 2 aromatic rings. The van der Waals surface area contributed by atoms with Gasteiger partial charge in [-0.15, -0.1) is 11.3 Å². The highest BCUT2D eigenvalue weighted by Gasteiger charge is 2.13. The summed E-state index contributed by atoms with van der Waals surface area (Å²) in [7, 11) is 1.86. The number of thiazole rings is 1. The molecule has 0 saturated heterocycles. The molecule has 2 rings (SSSR count). The van der Waals surface area contributed by atoms with Crippen molar-refractivity contribution in [3.05, 3.63) is 23.2 Å². The highest BCUT2D eigenvalue weighted by atomic mass is 32.1. The van der Waals surface area contributed by atoms with E-state index in [0.29, 0.717) is 13.1 Å².